The van der Waals surface area contributed by atoms with Crippen LogP contribution in [0.2, 0.25) is 5.02 Å². The first-order valence-electron chi connectivity index (χ1n) is 7.82. The molecule has 1 aliphatic rings. The van der Waals surface area contributed by atoms with Crippen molar-refractivity contribution in [1.82, 2.24) is 20.1 Å². The predicted octanol–water partition coefficient (Wildman–Crippen LogP) is 3.62. The molecule has 0 amide bonds. The fourth-order valence-electron chi connectivity index (χ4n) is 3.53. The number of hydrogen-bond acceptors (Lipinski definition) is 5. The molecular formula is C17H14ClN5O. The maximum atomic E-state index is 6.33. The topological polar surface area (TPSA) is 70.8 Å². The molecule has 0 saturated carbocycles. The smallest absolute Gasteiger partial charge is 0.263 e. The van der Waals surface area contributed by atoms with Crippen LogP contribution >= 0.6 is 11.6 Å². The summed E-state index contributed by atoms with van der Waals surface area (Å²) in [5.41, 5.74) is 4.89. The quantitative estimate of drug-likeness (QED) is 0.573. The van der Waals surface area contributed by atoms with Gasteiger partial charge in [-0.1, -0.05) is 28.9 Å². The van der Waals surface area contributed by atoms with Crippen molar-refractivity contribution in [2.75, 3.05) is 11.4 Å². The minimum atomic E-state index is 0.533. The van der Waals surface area contributed by atoms with Gasteiger partial charge in [-0.3, -0.25) is 0 Å². The lowest BCUT2D eigenvalue weighted by atomic mass is 10.0. The summed E-state index contributed by atoms with van der Waals surface area (Å²) in [5.74, 6) is 0.876. The normalized spacial score (nSPS) is 14.5. The van der Waals surface area contributed by atoms with Gasteiger partial charge in [-0.25, -0.2) is 4.98 Å². The van der Waals surface area contributed by atoms with Gasteiger partial charge in [0, 0.05) is 36.2 Å². The zero-order chi connectivity index (χ0) is 16.3. The highest BCUT2D eigenvalue weighted by atomic mass is 35.5. The maximum Gasteiger partial charge on any atom is 0.263 e. The molecule has 3 aromatic heterocycles. The average Bonchev–Trinajstić information content (AvgIpc) is 3.16. The molecule has 1 aliphatic heterocycles. The molecule has 5 rings (SSSR count). The lowest BCUT2D eigenvalue weighted by molar-refractivity contribution is 0.442. The Kier molecular flexibility index (Phi) is 2.84. The van der Waals surface area contributed by atoms with Crippen LogP contribution in [0.5, 0.6) is 0 Å². The number of para-hydroxylation sites is 1. The summed E-state index contributed by atoms with van der Waals surface area (Å²) in [4.78, 5) is 14.4. The molecule has 6 nitrogen and oxygen atoms in total. The third-order valence-corrected chi connectivity index (χ3v) is 5.00. The number of anilines is 1. The van der Waals surface area contributed by atoms with Crippen LogP contribution in [-0.4, -0.2) is 26.7 Å². The van der Waals surface area contributed by atoms with E-state index in [-0.39, 0.29) is 0 Å². The first kappa shape index (κ1) is 13.8. The van der Waals surface area contributed by atoms with E-state index in [0.29, 0.717) is 5.71 Å². The first-order chi connectivity index (χ1) is 11.7. The number of aryl methyl sites for hydroxylation is 1. The number of benzene rings is 1. The highest BCUT2D eigenvalue weighted by Gasteiger charge is 2.25. The minimum absolute atomic E-state index is 0.533. The molecule has 7 heteroatoms. The highest BCUT2D eigenvalue weighted by molar-refractivity contribution is 6.35. The van der Waals surface area contributed by atoms with Crippen LogP contribution in [0.25, 0.3) is 22.0 Å². The van der Waals surface area contributed by atoms with E-state index in [2.05, 4.69) is 31.1 Å². The van der Waals surface area contributed by atoms with Crippen LogP contribution in [0, 0.1) is 6.92 Å². The largest absolute Gasteiger partial charge is 0.357 e. The number of hydrogen-bond donors (Lipinski definition) is 1. The lowest BCUT2D eigenvalue weighted by Crippen LogP contribution is -2.31. The third-order valence-electron chi connectivity index (χ3n) is 4.68. The van der Waals surface area contributed by atoms with Crippen molar-refractivity contribution in [1.29, 1.82) is 0 Å². The standard InChI is InChI=1S/C17H14ClN5O/c1-9-14-16(19-8-20-17(14)24-22-9)23-6-5-13-11(7-23)10-3-2-4-12(18)15(10)21-13/h2-4,8,21H,5-7H2,1H3. The van der Waals surface area contributed by atoms with Gasteiger partial charge in [0.2, 0.25) is 0 Å². The Balaban J connectivity index is 1.65. The van der Waals surface area contributed by atoms with E-state index < -0.39 is 0 Å². The van der Waals surface area contributed by atoms with Gasteiger partial charge in [-0.2, -0.15) is 4.98 Å². The van der Waals surface area contributed by atoms with Crippen LogP contribution in [-0.2, 0) is 13.0 Å². The summed E-state index contributed by atoms with van der Waals surface area (Å²) in [5, 5.41) is 6.84. The Morgan fingerprint density at radius 2 is 2.21 bits per heavy atom. The number of nitrogens with one attached hydrogen (secondary N) is 1. The molecule has 0 aliphatic carbocycles. The second-order valence-corrected chi connectivity index (χ2v) is 6.47. The predicted molar refractivity (Wildman–Crippen MR) is 92.4 cm³/mol. The molecule has 4 aromatic rings. The second-order valence-electron chi connectivity index (χ2n) is 6.06. The van der Waals surface area contributed by atoms with Crippen molar-refractivity contribution in [2.24, 2.45) is 0 Å². The number of aromatic amines is 1. The fraction of sp³-hybridized carbons (Fsp3) is 0.235. The summed E-state index contributed by atoms with van der Waals surface area (Å²) in [7, 11) is 0. The van der Waals surface area contributed by atoms with E-state index in [1.54, 1.807) is 0 Å². The zero-order valence-electron chi connectivity index (χ0n) is 13.0. The molecule has 0 fully saturated rings. The molecule has 120 valence electrons. The van der Waals surface area contributed by atoms with Crippen LogP contribution in [0.3, 0.4) is 0 Å². The van der Waals surface area contributed by atoms with Crippen molar-refractivity contribution in [3.8, 4) is 0 Å². The van der Waals surface area contributed by atoms with Crippen molar-refractivity contribution in [3.05, 3.63) is 46.5 Å². The summed E-state index contributed by atoms with van der Waals surface area (Å²) in [6.45, 7) is 3.56. The number of aromatic nitrogens is 4. The molecule has 0 spiro atoms. The van der Waals surface area contributed by atoms with E-state index in [9.17, 15) is 0 Å². The Hall–Kier alpha value is -2.60. The van der Waals surface area contributed by atoms with Crippen molar-refractivity contribution >= 4 is 39.4 Å². The van der Waals surface area contributed by atoms with E-state index in [4.69, 9.17) is 16.1 Å². The van der Waals surface area contributed by atoms with Gasteiger partial charge in [-0.05, 0) is 13.0 Å². The van der Waals surface area contributed by atoms with Crippen molar-refractivity contribution < 1.29 is 4.52 Å². The van der Waals surface area contributed by atoms with E-state index in [0.717, 1.165) is 46.9 Å². The van der Waals surface area contributed by atoms with E-state index >= 15 is 0 Å². The number of nitrogens with zero attached hydrogens (tertiary/aromatic N) is 4. The minimum Gasteiger partial charge on any atom is -0.357 e. The molecule has 0 saturated heterocycles. The molecule has 0 radical (unpaired) electrons. The molecule has 1 N–H and O–H groups in total. The van der Waals surface area contributed by atoms with Gasteiger partial charge in [0.15, 0.2) is 0 Å². The van der Waals surface area contributed by atoms with Crippen LogP contribution < -0.4 is 4.90 Å². The Labute approximate surface area is 142 Å². The number of halogens is 1. The highest BCUT2D eigenvalue weighted by Crippen LogP contribution is 2.34. The molecular weight excluding hydrogens is 326 g/mol. The van der Waals surface area contributed by atoms with E-state index in [1.165, 1.54) is 23.0 Å². The first-order valence-corrected chi connectivity index (χ1v) is 8.20. The molecule has 24 heavy (non-hydrogen) atoms. The maximum absolute atomic E-state index is 6.33. The summed E-state index contributed by atoms with van der Waals surface area (Å²) >= 11 is 6.33. The molecule has 4 heterocycles. The number of fused-ring (bicyclic) bond motifs is 4. The van der Waals surface area contributed by atoms with Crippen molar-refractivity contribution in [2.45, 2.75) is 19.9 Å². The third kappa shape index (κ3) is 1.86. The SMILES string of the molecule is Cc1noc2ncnc(N3CCc4[nH]c5c(Cl)cccc5c4C3)c12. The van der Waals surface area contributed by atoms with Gasteiger partial charge < -0.3 is 14.4 Å². The summed E-state index contributed by atoms with van der Waals surface area (Å²) in [6.07, 6.45) is 2.44. The summed E-state index contributed by atoms with van der Waals surface area (Å²) in [6, 6.07) is 6.02. The van der Waals surface area contributed by atoms with Gasteiger partial charge in [0.1, 0.15) is 17.5 Å². The average molecular weight is 340 g/mol. The monoisotopic (exact) mass is 339 g/mol. The van der Waals surface area contributed by atoms with Crippen LogP contribution in [0.4, 0.5) is 5.82 Å². The van der Waals surface area contributed by atoms with Crippen molar-refractivity contribution in [3.63, 3.8) is 0 Å². The molecule has 0 bridgehead atoms. The number of H-pyrrole nitrogens is 1. The second kappa shape index (κ2) is 4.95. The molecule has 0 unspecified atom stereocenters. The fourth-order valence-corrected chi connectivity index (χ4v) is 3.75. The van der Waals surface area contributed by atoms with Gasteiger partial charge in [-0.15, -0.1) is 0 Å². The van der Waals surface area contributed by atoms with Gasteiger partial charge in [0.25, 0.3) is 5.71 Å². The molecule has 0 atom stereocenters. The van der Waals surface area contributed by atoms with Gasteiger partial charge in [0.05, 0.1) is 16.2 Å². The Morgan fingerprint density at radius 3 is 3.12 bits per heavy atom. The number of rotatable bonds is 1. The Bertz CT molecular complexity index is 1080. The summed E-state index contributed by atoms with van der Waals surface area (Å²) < 4.78 is 5.27. The lowest BCUT2D eigenvalue weighted by Gasteiger charge is -2.28. The van der Waals surface area contributed by atoms with Crippen LogP contribution in [0.15, 0.2) is 29.0 Å². The Morgan fingerprint density at radius 1 is 1.29 bits per heavy atom. The van der Waals surface area contributed by atoms with E-state index in [1.807, 2.05) is 19.1 Å². The zero-order valence-corrected chi connectivity index (χ0v) is 13.8. The molecule has 1 aromatic carbocycles. The van der Waals surface area contributed by atoms with Crippen LogP contribution in [0.1, 0.15) is 17.0 Å². The van der Waals surface area contributed by atoms with Gasteiger partial charge >= 0.3 is 0 Å².